The van der Waals surface area contributed by atoms with Crippen LogP contribution in [-0.2, 0) is 0 Å². The summed E-state index contributed by atoms with van der Waals surface area (Å²) in [5, 5.41) is 0.579. The summed E-state index contributed by atoms with van der Waals surface area (Å²) < 4.78 is 20.1. The van der Waals surface area contributed by atoms with Gasteiger partial charge in [-0.1, -0.05) is 18.2 Å². The molecule has 1 aliphatic carbocycles. The van der Waals surface area contributed by atoms with Crippen molar-refractivity contribution in [2.75, 3.05) is 13.2 Å². The lowest BCUT2D eigenvalue weighted by atomic mass is 10.1. The molecule has 2 nitrogen and oxygen atoms in total. The fourth-order valence-corrected chi connectivity index (χ4v) is 2.67. The quantitative estimate of drug-likeness (QED) is 0.763. The summed E-state index contributed by atoms with van der Waals surface area (Å²) in [4.78, 5) is 1.91. The topological polar surface area (TPSA) is 12.5 Å². The third kappa shape index (κ3) is 3.05. The Bertz CT molecular complexity index is 661. The molecule has 1 saturated carbocycles. The van der Waals surface area contributed by atoms with Crippen LogP contribution in [0.4, 0.5) is 4.39 Å². The third-order valence-corrected chi connectivity index (χ3v) is 4.34. The first-order chi connectivity index (χ1) is 10.6. The smallest absolute Gasteiger partial charge is 0.136 e. The van der Waals surface area contributed by atoms with Gasteiger partial charge in [0.2, 0.25) is 0 Å². The van der Waals surface area contributed by atoms with Crippen molar-refractivity contribution in [3.63, 3.8) is 0 Å². The first-order valence-corrected chi connectivity index (χ1v) is 7.95. The maximum Gasteiger partial charge on any atom is 0.136 e. The van der Waals surface area contributed by atoms with Gasteiger partial charge in [-0.05, 0) is 50.0 Å². The number of allylic oxidation sites excluding steroid dienone is 3. The Balaban J connectivity index is 1.85. The SMILES string of the molecule is C=C1C(Cl)=CC=C(c2ccc(OCC3CC3)cc2F)N1CC. The minimum Gasteiger partial charge on any atom is -0.493 e. The molecule has 1 aromatic rings. The molecule has 0 saturated heterocycles. The molecule has 0 N–H and O–H groups in total. The van der Waals surface area contributed by atoms with Gasteiger partial charge in [-0.3, -0.25) is 0 Å². The van der Waals surface area contributed by atoms with Crippen molar-refractivity contribution in [1.82, 2.24) is 4.90 Å². The maximum atomic E-state index is 14.5. The van der Waals surface area contributed by atoms with E-state index < -0.39 is 0 Å². The van der Waals surface area contributed by atoms with E-state index in [-0.39, 0.29) is 5.82 Å². The van der Waals surface area contributed by atoms with E-state index in [0.29, 0.717) is 41.1 Å². The molecule has 0 unspecified atom stereocenters. The van der Waals surface area contributed by atoms with Crippen LogP contribution in [0.2, 0.25) is 0 Å². The van der Waals surface area contributed by atoms with Crippen molar-refractivity contribution in [3.8, 4) is 5.75 Å². The molecule has 3 rings (SSSR count). The minimum absolute atomic E-state index is 0.294. The van der Waals surface area contributed by atoms with Gasteiger partial charge in [0.15, 0.2) is 0 Å². The molecule has 1 aromatic carbocycles. The van der Waals surface area contributed by atoms with E-state index in [2.05, 4.69) is 6.58 Å². The first kappa shape index (κ1) is 15.2. The molecule has 0 bridgehead atoms. The lowest BCUT2D eigenvalue weighted by Gasteiger charge is -2.30. The maximum absolute atomic E-state index is 14.5. The number of ether oxygens (including phenoxy) is 1. The Labute approximate surface area is 135 Å². The zero-order valence-corrected chi connectivity index (χ0v) is 13.4. The van der Waals surface area contributed by atoms with Crippen molar-refractivity contribution >= 4 is 17.3 Å². The second-order valence-corrected chi connectivity index (χ2v) is 6.06. The minimum atomic E-state index is -0.294. The summed E-state index contributed by atoms with van der Waals surface area (Å²) in [6, 6.07) is 5.03. The molecular weight excluding hydrogens is 301 g/mol. The molecule has 0 aromatic heterocycles. The van der Waals surface area contributed by atoms with Crippen LogP contribution < -0.4 is 4.74 Å². The normalized spacial score (nSPS) is 18.1. The van der Waals surface area contributed by atoms with Gasteiger partial charge in [-0.2, -0.15) is 0 Å². The van der Waals surface area contributed by atoms with Crippen LogP contribution in [0, 0.1) is 11.7 Å². The zero-order chi connectivity index (χ0) is 15.7. The van der Waals surface area contributed by atoms with Crippen LogP contribution in [0.1, 0.15) is 25.3 Å². The number of halogens is 2. The van der Waals surface area contributed by atoms with Gasteiger partial charge in [0.1, 0.15) is 11.6 Å². The first-order valence-electron chi connectivity index (χ1n) is 7.57. The van der Waals surface area contributed by atoms with E-state index in [1.54, 1.807) is 12.1 Å². The fraction of sp³-hybridized carbons (Fsp3) is 0.333. The summed E-state index contributed by atoms with van der Waals surface area (Å²) in [6.07, 6.45) is 6.01. The number of nitrogens with zero attached hydrogens (tertiary/aromatic N) is 1. The van der Waals surface area contributed by atoms with Crippen molar-refractivity contribution in [1.29, 1.82) is 0 Å². The van der Waals surface area contributed by atoms with Crippen molar-refractivity contribution < 1.29 is 9.13 Å². The molecule has 116 valence electrons. The third-order valence-electron chi connectivity index (χ3n) is 4.00. The highest BCUT2D eigenvalue weighted by Gasteiger charge is 2.23. The summed E-state index contributed by atoms with van der Waals surface area (Å²) >= 11 is 6.10. The van der Waals surface area contributed by atoms with Gasteiger partial charge < -0.3 is 9.64 Å². The molecule has 0 radical (unpaired) electrons. The molecule has 0 spiro atoms. The summed E-state index contributed by atoms with van der Waals surface area (Å²) in [5.74, 6) is 0.937. The molecular formula is C18H19ClFNO. The highest BCUT2D eigenvalue weighted by molar-refractivity contribution is 6.32. The average Bonchev–Trinajstić information content (AvgIpc) is 3.32. The van der Waals surface area contributed by atoms with Crippen LogP contribution in [-0.4, -0.2) is 18.1 Å². The monoisotopic (exact) mass is 319 g/mol. The molecule has 22 heavy (non-hydrogen) atoms. The molecule has 0 atom stereocenters. The lowest BCUT2D eigenvalue weighted by Crippen LogP contribution is -2.23. The van der Waals surface area contributed by atoms with Crippen molar-refractivity contribution in [2.24, 2.45) is 5.92 Å². The Hall–Kier alpha value is -1.74. The average molecular weight is 320 g/mol. The van der Waals surface area contributed by atoms with E-state index in [0.717, 1.165) is 5.70 Å². The lowest BCUT2D eigenvalue weighted by molar-refractivity contribution is 0.298. The number of hydrogen-bond donors (Lipinski definition) is 0. The van der Waals surface area contributed by atoms with Crippen LogP contribution in [0.5, 0.6) is 5.75 Å². The molecule has 0 amide bonds. The Morgan fingerprint density at radius 1 is 1.36 bits per heavy atom. The molecule has 1 fully saturated rings. The highest BCUT2D eigenvalue weighted by Crippen LogP contribution is 2.34. The van der Waals surface area contributed by atoms with Gasteiger partial charge in [0.25, 0.3) is 0 Å². The van der Waals surface area contributed by atoms with Gasteiger partial charge in [0.05, 0.1) is 23.0 Å². The Kier molecular flexibility index (Phi) is 4.25. The summed E-state index contributed by atoms with van der Waals surface area (Å²) in [6.45, 7) is 7.30. The van der Waals surface area contributed by atoms with Crippen molar-refractivity contribution in [3.05, 3.63) is 59.0 Å². The molecule has 1 aliphatic heterocycles. The van der Waals surface area contributed by atoms with Gasteiger partial charge in [-0.25, -0.2) is 4.39 Å². The second-order valence-electron chi connectivity index (χ2n) is 5.65. The number of hydrogen-bond acceptors (Lipinski definition) is 2. The van der Waals surface area contributed by atoms with E-state index in [9.17, 15) is 4.39 Å². The predicted octanol–water partition coefficient (Wildman–Crippen LogP) is 4.93. The van der Waals surface area contributed by atoms with E-state index in [1.165, 1.54) is 18.9 Å². The van der Waals surface area contributed by atoms with E-state index in [1.807, 2.05) is 24.0 Å². The van der Waals surface area contributed by atoms with Crippen molar-refractivity contribution in [2.45, 2.75) is 19.8 Å². The fourth-order valence-electron chi connectivity index (χ4n) is 2.50. The zero-order valence-electron chi connectivity index (χ0n) is 12.6. The van der Waals surface area contributed by atoms with E-state index >= 15 is 0 Å². The van der Waals surface area contributed by atoms with Gasteiger partial charge >= 0.3 is 0 Å². The number of likely N-dealkylation sites (N-methyl/N-ethyl adjacent to an activating group) is 1. The van der Waals surface area contributed by atoms with Gasteiger partial charge in [0, 0.05) is 18.2 Å². The number of benzene rings is 1. The van der Waals surface area contributed by atoms with Crippen LogP contribution in [0.25, 0.3) is 5.70 Å². The Morgan fingerprint density at radius 2 is 2.14 bits per heavy atom. The molecule has 1 heterocycles. The summed E-state index contributed by atoms with van der Waals surface area (Å²) in [7, 11) is 0. The van der Waals surface area contributed by atoms with Crippen LogP contribution >= 0.6 is 11.6 Å². The number of rotatable bonds is 5. The standard InChI is InChI=1S/C18H19ClFNO/c1-3-21-12(2)16(19)8-9-18(21)15-7-6-14(10-17(15)20)22-11-13-4-5-13/h6-10,13H,2-5,11H2,1H3. The summed E-state index contributed by atoms with van der Waals surface area (Å²) in [5.41, 5.74) is 1.99. The largest absolute Gasteiger partial charge is 0.493 e. The molecule has 4 heteroatoms. The predicted molar refractivity (Wildman–Crippen MR) is 88.1 cm³/mol. The van der Waals surface area contributed by atoms with Crippen LogP contribution in [0.3, 0.4) is 0 Å². The highest BCUT2D eigenvalue weighted by atomic mass is 35.5. The van der Waals surface area contributed by atoms with Gasteiger partial charge in [-0.15, -0.1) is 0 Å². The second kappa shape index (κ2) is 6.17. The van der Waals surface area contributed by atoms with Crippen LogP contribution in [0.15, 0.2) is 47.7 Å². The van der Waals surface area contributed by atoms with E-state index in [4.69, 9.17) is 16.3 Å². The Morgan fingerprint density at radius 3 is 2.77 bits per heavy atom. The molecule has 2 aliphatic rings.